The first-order chi connectivity index (χ1) is 19.8. The van der Waals surface area contributed by atoms with Crippen molar-refractivity contribution in [2.45, 2.75) is 77.0 Å². The minimum atomic E-state index is -2.57. The van der Waals surface area contributed by atoms with Gasteiger partial charge in [0.25, 0.3) is 0 Å². The smallest absolute Gasteiger partial charge is 0.430 e. The second-order valence-corrected chi connectivity index (χ2v) is 15.9. The predicted molar refractivity (Wildman–Crippen MR) is 159 cm³/mol. The van der Waals surface area contributed by atoms with E-state index < -0.39 is 44.9 Å². The number of carbonyl (C=O) groups is 3. The standard InChI is InChI=1S/C30H44N2O9Si/c1-30(2,3)42(7,8)41-24(19-25(36-4)37-5)26(27(33)38-6)32(29(35)40-21-23-17-13-10-14-18-23)31-28(34)39-20-22-15-11-9-12-16-22/h9-18,24-26H,19-21H2,1-8H3,(H,31,34)/t24-,26-/m1/s1. The molecule has 2 aromatic carbocycles. The molecule has 0 saturated carbocycles. The van der Waals surface area contributed by atoms with E-state index in [1.165, 1.54) is 21.3 Å². The van der Waals surface area contributed by atoms with Gasteiger partial charge in [-0.05, 0) is 29.3 Å². The fourth-order valence-electron chi connectivity index (χ4n) is 3.69. The molecule has 0 aliphatic rings. The molecule has 0 fully saturated rings. The van der Waals surface area contributed by atoms with Gasteiger partial charge in [0.05, 0.1) is 13.2 Å². The van der Waals surface area contributed by atoms with Crippen LogP contribution in [0, 0.1) is 0 Å². The Balaban J connectivity index is 2.48. The van der Waals surface area contributed by atoms with Crippen LogP contribution in [0.2, 0.25) is 18.1 Å². The maximum Gasteiger partial charge on any atom is 0.430 e. The topological polar surface area (TPSA) is 122 Å². The van der Waals surface area contributed by atoms with Gasteiger partial charge in [0.1, 0.15) is 13.2 Å². The largest absolute Gasteiger partial charge is 0.467 e. The zero-order valence-electron chi connectivity index (χ0n) is 25.7. The van der Waals surface area contributed by atoms with Gasteiger partial charge in [-0.25, -0.2) is 19.8 Å². The number of methoxy groups -OCH3 is 3. The lowest BCUT2D eigenvalue weighted by Gasteiger charge is -2.43. The lowest BCUT2D eigenvalue weighted by molar-refractivity contribution is -0.158. The normalized spacial score (nSPS) is 13.2. The summed E-state index contributed by atoms with van der Waals surface area (Å²) in [5.74, 6) is -0.843. The van der Waals surface area contributed by atoms with E-state index in [9.17, 15) is 14.4 Å². The van der Waals surface area contributed by atoms with Crippen molar-refractivity contribution in [1.29, 1.82) is 0 Å². The first kappa shape index (κ1) is 34.7. The molecule has 0 spiro atoms. The van der Waals surface area contributed by atoms with E-state index in [4.69, 9.17) is 28.1 Å². The zero-order chi connectivity index (χ0) is 31.3. The van der Waals surface area contributed by atoms with Crippen LogP contribution in [0.1, 0.15) is 38.3 Å². The number of rotatable bonds is 13. The summed E-state index contributed by atoms with van der Waals surface area (Å²) in [6.07, 6.45) is -3.78. The SMILES string of the molecule is COC(=O)[C@@H]([C@@H](CC(OC)OC)O[Si](C)(C)C(C)(C)C)N(NC(=O)OCc1ccccc1)C(=O)OCc1ccccc1. The summed E-state index contributed by atoms with van der Waals surface area (Å²) < 4.78 is 33.5. The summed E-state index contributed by atoms with van der Waals surface area (Å²) in [6, 6.07) is 16.5. The predicted octanol–water partition coefficient (Wildman–Crippen LogP) is 5.41. The Hall–Kier alpha value is -3.45. The van der Waals surface area contributed by atoms with Gasteiger partial charge in [-0.1, -0.05) is 81.4 Å². The number of nitrogens with zero attached hydrogens (tertiary/aromatic N) is 1. The van der Waals surface area contributed by atoms with Crippen LogP contribution in [0.4, 0.5) is 9.59 Å². The Kier molecular flexibility index (Phi) is 13.4. The number of amides is 2. The molecule has 0 aliphatic carbocycles. The summed E-state index contributed by atoms with van der Waals surface area (Å²) in [6.45, 7) is 9.94. The number of esters is 1. The first-order valence-electron chi connectivity index (χ1n) is 13.6. The van der Waals surface area contributed by atoms with Crippen LogP contribution < -0.4 is 5.43 Å². The van der Waals surface area contributed by atoms with Crippen molar-refractivity contribution in [1.82, 2.24) is 10.4 Å². The number of hydrogen-bond donors (Lipinski definition) is 1. The minimum absolute atomic E-state index is 0.0302. The Labute approximate surface area is 249 Å². The van der Waals surface area contributed by atoms with Crippen LogP contribution in [0.25, 0.3) is 0 Å². The number of carbonyl (C=O) groups excluding carboxylic acids is 3. The van der Waals surface area contributed by atoms with Crippen molar-refractivity contribution in [3.8, 4) is 0 Å². The molecule has 12 heteroatoms. The molecule has 2 atom stereocenters. The first-order valence-corrected chi connectivity index (χ1v) is 16.5. The second kappa shape index (κ2) is 16.3. The molecule has 1 N–H and O–H groups in total. The summed E-state index contributed by atoms with van der Waals surface area (Å²) in [7, 11) is 1.52. The van der Waals surface area contributed by atoms with Crippen LogP contribution in [-0.2, 0) is 46.1 Å². The summed E-state index contributed by atoms with van der Waals surface area (Å²) in [5, 5.41) is 0.505. The summed E-state index contributed by atoms with van der Waals surface area (Å²) in [5.41, 5.74) is 3.85. The molecule has 2 amide bonds. The Morgan fingerprint density at radius 1 is 0.833 bits per heavy atom. The minimum Gasteiger partial charge on any atom is -0.467 e. The van der Waals surface area contributed by atoms with Crippen LogP contribution in [-0.4, -0.2) is 71.2 Å². The molecule has 0 heterocycles. The maximum atomic E-state index is 13.6. The number of benzene rings is 2. The van der Waals surface area contributed by atoms with E-state index >= 15 is 0 Å². The molecule has 0 unspecified atom stereocenters. The highest BCUT2D eigenvalue weighted by atomic mass is 28.4. The van der Waals surface area contributed by atoms with Crippen molar-refractivity contribution in [2.75, 3.05) is 21.3 Å². The average Bonchev–Trinajstić information content (AvgIpc) is 2.97. The molecular weight excluding hydrogens is 560 g/mol. The van der Waals surface area contributed by atoms with E-state index in [1.54, 1.807) is 36.4 Å². The number of ether oxygens (including phenoxy) is 5. The van der Waals surface area contributed by atoms with Gasteiger partial charge in [-0.15, -0.1) is 0 Å². The van der Waals surface area contributed by atoms with Crippen molar-refractivity contribution in [3.63, 3.8) is 0 Å². The molecular formula is C30H44N2O9Si. The van der Waals surface area contributed by atoms with Crippen LogP contribution >= 0.6 is 0 Å². The fraction of sp³-hybridized carbons (Fsp3) is 0.500. The van der Waals surface area contributed by atoms with E-state index in [2.05, 4.69) is 5.43 Å². The third kappa shape index (κ3) is 10.4. The molecule has 0 aromatic heterocycles. The monoisotopic (exact) mass is 604 g/mol. The van der Waals surface area contributed by atoms with E-state index in [-0.39, 0.29) is 24.7 Å². The number of nitrogens with one attached hydrogen (secondary N) is 1. The van der Waals surface area contributed by atoms with Gasteiger partial charge in [-0.3, -0.25) is 0 Å². The molecule has 11 nitrogen and oxygen atoms in total. The van der Waals surface area contributed by atoms with E-state index in [0.717, 1.165) is 10.6 Å². The highest BCUT2D eigenvalue weighted by molar-refractivity contribution is 6.74. The Bertz CT molecular complexity index is 1120. The van der Waals surface area contributed by atoms with E-state index in [0.29, 0.717) is 5.56 Å². The van der Waals surface area contributed by atoms with Crippen molar-refractivity contribution in [2.24, 2.45) is 0 Å². The summed E-state index contributed by atoms with van der Waals surface area (Å²) >= 11 is 0. The van der Waals surface area contributed by atoms with Crippen molar-refractivity contribution >= 4 is 26.5 Å². The quantitative estimate of drug-likeness (QED) is 0.105. The van der Waals surface area contributed by atoms with Gasteiger partial charge < -0.3 is 28.1 Å². The molecule has 232 valence electrons. The maximum absolute atomic E-state index is 13.6. The Morgan fingerprint density at radius 2 is 1.33 bits per heavy atom. The molecule has 0 bridgehead atoms. The molecule has 42 heavy (non-hydrogen) atoms. The second-order valence-electron chi connectivity index (χ2n) is 11.1. The van der Waals surface area contributed by atoms with Gasteiger partial charge in [0.2, 0.25) is 0 Å². The van der Waals surface area contributed by atoms with Gasteiger partial charge in [-0.2, -0.15) is 5.01 Å². The van der Waals surface area contributed by atoms with Crippen LogP contribution in [0.3, 0.4) is 0 Å². The van der Waals surface area contributed by atoms with Crippen molar-refractivity contribution < 1.29 is 42.5 Å². The van der Waals surface area contributed by atoms with Gasteiger partial charge in [0.15, 0.2) is 20.6 Å². The zero-order valence-corrected chi connectivity index (χ0v) is 26.7. The van der Waals surface area contributed by atoms with Crippen molar-refractivity contribution in [3.05, 3.63) is 71.8 Å². The lowest BCUT2D eigenvalue weighted by Crippen LogP contribution is -2.62. The third-order valence-electron chi connectivity index (χ3n) is 7.10. The fourth-order valence-corrected chi connectivity index (χ4v) is 5.03. The van der Waals surface area contributed by atoms with Gasteiger partial charge in [0, 0.05) is 20.6 Å². The highest BCUT2D eigenvalue weighted by Gasteiger charge is 2.47. The number of hydrogen-bond acceptors (Lipinski definition) is 9. The molecule has 2 aromatic rings. The molecule has 2 rings (SSSR count). The number of hydrazine groups is 1. The lowest BCUT2D eigenvalue weighted by atomic mass is 10.1. The van der Waals surface area contributed by atoms with Gasteiger partial charge >= 0.3 is 18.2 Å². The van der Waals surface area contributed by atoms with Crippen LogP contribution in [0.15, 0.2) is 60.7 Å². The van der Waals surface area contributed by atoms with E-state index in [1.807, 2.05) is 58.1 Å². The molecule has 0 aliphatic heterocycles. The molecule has 0 radical (unpaired) electrons. The average molecular weight is 605 g/mol. The Morgan fingerprint density at radius 3 is 1.79 bits per heavy atom. The highest BCUT2D eigenvalue weighted by Crippen LogP contribution is 2.38. The van der Waals surface area contributed by atoms with Crippen LogP contribution in [0.5, 0.6) is 0 Å². The summed E-state index contributed by atoms with van der Waals surface area (Å²) in [4.78, 5) is 40.0. The third-order valence-corrected chi connectivity index (χ3v) is 11.6. The molecule has 0 saturated heterocycles.